The topological polar surface area (TPSA) is 31.6 Å². The van der Waals surface area contributed by atoms with E-state index >= 15 is 0 Å². The van der Waals surface area contributed by atoms with E-state index in [1.807, 2.05) is 18.2 Å². The summed E-state index contributed by atoms with van der Waals surface area (Å²) < 4.78 is 17.8. The van der Waals surface area contributed by atoms with Crippen LogP contribution >= 0.6 is 27.5 Å². The van der Waals surface area contributed by atoms with Gasteiger partial charge in [-0.05, 0) is 23.8 Å². The minimum atomic E-state index is -0.287. The molecule has 1 unspecified atom stereocenters. The number of fused-ring (bicyclic) bond motifs is 1. The van der Waals surface area contributed by atoms with Crippen LogP contribution in [0.4, 0.5) is 0 Å². The van der Waals surface area contributed by atoms with Gasteiger partial charge in [0.15, 0.2) is 11.5 Å². The summed E-state index contributed by atoms with van der Waals surface area (Å²) >= 11 is 10.2. The van der Waals surface area contributed by atoms with Crippen molar-refractivity contribution < 1.29 is 13.9 Å². The van der Waals surface area contributed by atoms with Crippen LogP contribution in [0.2, 0.25) is 0 Å². The van der Waals surface area contributed by atoms with Crippen LogP contribution < -0.4 is 9.47 Å². The SMILES string of the molecule is CCc1occc1C(Cl)c1cc2c(cc1Br)OCCCO2. The van der Waals surface area contributed by atoms with Crippen LogP contribution in [-0.2, 0) is 6.42 Å². The minimum absolute atomic E-state index is 0.287. The van der Waals surface area contributed by atoms with Crippen LogP contribution in [0.25, 0.3) is 0 Å². The van der Waals surface area contributed by atoms with Crippen molar-refractivity contribution in [2.24, 2.45) is 0 Å². The van der Waals surface area contributed by atoms with Gasteiger partial charge in [0.1, 0.15) is 5.76 Å². The van der Waals surface area contributed by atoms with Crippen LogP contribution in [0.15, 0.2) is 33.4 Å². The highest BCUT2D eigenvalue weighted by molar-refractivity contribution is 9.10. The van der Waals surface area contributed by atoms with Crippen molar-refractivity contribution in [3.8, 4) is 11.5 Å². The zero-order valence-electron chi connectivity index (χ0n) is 11.7. The number of halogens is 2. The summed E-state index contributed by atoms with van der Waals surface area (Å²) in [6, 6.07) is 5.80. The molecule has 0 radical (unpaired) electrons. The summed E-state index contributed by atoms with van der Waals surface area (Å²) in [4.78, 5) is 0. The van der Waals surface area contributed by atoms with Crippen molar-refractivity contribution in [1.82, 2.24) is 0 Å². The third-order valence-corrected chi connectivity index (χ3v) is 4.67. The van der Waals surface area contributed by atoms with Gasteiger partial charge in [-0.3, -0.25) is 0 Å². The predicted octanol–water partition coefficient (Wildman–Crippen LogP) is 5.09. The van der Waals surface area contributed by atoms with Gasteiger partial charge >= 0.3 is 0 Å². The van der Waals surface area contributed by atoms with Gasteiger partial charge in [-0.2, -0.15) is 0 Å². The summed E-state index contributed by atoms with van der Waals surface area (Å²) in [5, 5.41) is -0.287. The first-order valence-corrected chi connectivity index (χ1v) is 8.23. The number of hydrogen-bond donors (Lipinski definition) is 0. The second-order valence-corrected chi connectivity index (χ2v) is 6.18. The molecule has 0 N–H and O–H groups in total. The first-order valence-electron chi connectivity index (χ1n) is 7.00. The van der Waals surface area contributed by atoms with Crippen molar-refractivity contribution in [3.63, 3.8) is 0 Å². The van der Waals surface area contributed by atoms with Crippen molar-refractivity contribution in [1.29, 1.82) is 0 Å². The molecule has 0 amide bonds. The lowest BCUT2D eigenvalue weighted by atomic mass is 10.0. The zero-order chi connectivity index (χ0) is 14.8. The average Bonchev–Trinajstić information content (AvgIpc) is 2.85. The number of alkyl halides is 1. The van der Waals surface area contributed by atoms with Crippen LogP contribution in [0.5, 0.6) is 11.5 Å². The van der Waals surface area contributed by atoms with E-state index in [1.165, 1.54) is 0 Å². The molecule has 0 saturated carbocycles. The van der Waals surface area contributed by atoms with Gasteiger partial charge in [-0.1, -0.05) is 22.9 Å². The monoisotopic (exact) mass is 370 g/mol. The lowest BCUT2D eigenvalue weighted by Crippen LogP contribution is -1.99. The quantitative estimate of drug-likeness (QED) is 0.704. The molecular weight excluding hydrogens is 356 g/mol. The maximum Gasteiger partial charge on any atom is 0.162 e. The van der Waals surface area contributed by atoms with E-state index < -0.39 is 0 Å². The molecule has 5 heteroatoms. The Balaban J connectivity index is 2.00. The van der Waals surface area contributed by atoms with Gasteiger partial charge < -0.3 is 13.9 Å². The largest absolute Gasteiger partial charge is 0.490 e. The van der Waals surface area contributed by atoms with E-state index in [4.69, 9.17) is 25.5 Å². The number of aryl methyl sites for hydroxylation is 1. The third kappa shape index (κ3) is 2.92. The average molecular weight is 372 g/mol. The number of ether oxygens (including phenoxy) is 2. The Morgan fingerprint density at radius 3 is 2.62 bits per heavy atom. The molecule has 0 saturated heterocycles. The number of rotatable bonds is 3. The molecule has 1 aromatic heterocycles. The lowest BCUT2D eigenvalue weighted by Gasteiger charge is -2.15. The molecule has 2 aromatic rings. The van der Waals surface area contributed by atoms with E-state index in [0.29, 0.717) is 13.2 Å². The highest BCUT2D eigenvalue weighted by Gasteiger charge is 2.22. The van der Waals surface area contributed by atoms with Gasteiger partial charge in [-0.15, -0.1) is 11.6 Å². The van der Waals surface area contributed by atoms with Crippen LogP contribution in [0, 0.1) is 0 Å². The molecule has 0 aliphatic carbocycles. The van der Waals surface area contributed by atoms with Crippen LogP contribution in [-0.4, -0.2) is 13.2 Å². The molecule has 21 heavy (non-hydrogen) atoms. The van der Waals surface area contributed by atoms with E-state index in [0.717, 1.165) is 45.7 Å². The molecule has 1 atom stereocenters. The summed E-state index contributed by atoms with van der Waals surface area (Å²) in [7, 11) is 0. The van der Waals surface area contributed by atoms with Crippen molar-refractivity contribution in [2.45, 2.75) is 25.1 Å². The Bertz CT molecular complexity index is 638. The smallest absolute Gasteiger partial charge is 0.162 e. The van der Waals surface area contributed by atoms with Crippen molar-refractivity contribution >= 4 is 27.5 Å². The molecule has 1 aliphatic rings. The number of benzene rings is 1. The molecule has 0 fully saturated rings. The highest BCUT2D eigenvalue weighted by Crippen LogP contribution is 2.42. The summed E-state index contributed by atoms with van der Waals surface area (Å²) in [5.74, 6) is 2.42. The van der Waals surface area contributed by atoms with E-state index in [-0.39, 0.29) is 5.38 Å². The van der Waals surface area contributed by atoms with Gasteiger partial charge in [0.2, 0.25) is 0 Å². The summed E-state index contributed by atoms with van der Waals surface area (Å²) in [5.41, 5.74) is 1.95. The normalized spacial score (nSPS) is 15.6. The summed E-state index contributed by atoms with van der Waals surface area (Å²) in [6.07, 6.45) is 3.38. The van der Waals surface area contributed by atoms with Gasteiger partial charge in [-0.25, -0.2) is 0 Å². The molecule has 1 aliphatic heterocycles. The Kier molecular flexibility index (Phi) is 4.45. The van der Waals surface area contributed by atoms with Crippen molar-refractivity contribution in [3.05, 3.63) is 45.8 Å². The Morgan fingerprint density at radius 1 is 1.19 bits per heavy atom. The summed E-state index contributed by atoms with van der Waals surface area (Å²) in [6.45, 7) is 3.38. The molecular formula is C16H16BrClO3. The van der Waals surface area contributed by atoms with E-state index in [2.05, 4.69) is 22.9 Å². The lowest BCUT2D eigenvalue weighted by molar-refractivity contribution is 0.297. The van der Waals surface area contributed by atoms with Gasteiger partial charge in [0.05, 0.1) is 24.9 Å². The fourth-order valence-electron chi connectivity index (χ4n) is 2.43. The molecule has 1 aromatic carbocycles. The Hall–Kier alpha value is -1.13. The fraction of sp³-hybridized carbons (Fsp3) is 0.375. The molecule has 0 bridgehead atoms. The number of furan rings is 1. The zero-order valence-corrected chi connectivity index (χ0v) is 14.0. The molecule has 112 valence electrons. The minimum Gasteiger partial charge on any atom is -0.490 e. The molecule has 3 rings (SSSR count). The highest BCUT2D eigenvalue weighted by atomic mass is 79.9. The first-order chi connectivity index (χ1) is 10.2. The Morgan fingerprint density at radius 2 is 1.90 bits per heavy atom. The van der Waals surface area contributed by atoms with Crippen molar-refractivity contribution in [2.75, 3.05) is 13.2 Å². The fourth-order valence-corrected chi connectivity index (χ4v) is 3.48. The van der Waals surface area contributed by atoms with Gasteiger partial charge in [0.25, 0.3) is 0 Å². The first kappa shape index (κ1) is 14.8. The molecule has 3 nitrogen and oxygen atoms in total. The Labute approximate surface area is 137 Å². The van der Waals surface area contributed by atoms with E-state index in [1.54, 1.807) is 6.26 Å². The van der Waals surface area contributed by atoms with Gasteiger partial charge in [0, 0.05) is 22.9 Å². The standard InChI is InChI=1S/C16H16BrClO3/c1-2-13-10(4-7-21-13)16(18)11-8-14-15(9-12(11)17)20-6-3-5-19-14/h4,7-9,16H,2-3,5-6H2,1H3. The van der Waals surface area contributed by atoms with Crippen LogP contribution in [0.3, 0.4) is 0 Å². The maximum absolute atomic E-state index is 6.66. The second-order valence-electron chi connectivity index (χ2n) is 4.89. The predicted molar refractivity (Wildman–Crippen MR) is 85.5 cm³/mol. The molecule has 2 heterocycles. The van der Waals surface area contributed by atoms with E-state index in [9.17, 15) is 0 Å². The third-order valence-electron chi connectivity index (χ3n) is 3.51. The second kappa shape index (κ2) is 6.32. The number of hydrogen-bond acceptors (Lipinski definition) is 3. The molecule has 0 spiro atoms. The van der Waals surface area contributed by atoms with Crippen LogP contribution in [0.1, 0.15) is 35.6 Å². The maximum atomic E-state index is 6.66.